The van der Waals surface area contributed by atoms with E-state index < -0.39 is 22.6 Å². The third-order valence-electron chi connectivity index (χ3n) is 5.10. The minimum atomic E-state index is -4.67. The highest BCUT2D eigenvalue weighted by atomic mass is 32.3. The number of aromatic hydroxyl groups is 4. The Labute approximate surface area is 248 Å². The number of ether oxygens (including phenoxy) is 1. The Balaban J connectivity index is 0.000000604. The van der Waals surface area contributed by atoms with Gasteiger partial charge in [-0.1, -0.05) is 0 Å². The summed E-state index contributed by atoms with van der Waals surface area (Å²) in [6.07, 6.45) is 1.05. The largest absolute Gasteiger partial charge is 0.508 e. The van der Waals surface area contributed by atoms with E-state index in [1.165, 1.54) is 49.2 Å². The molecule has 2 unspecified atom stereocenters. The van der Waals surface area contributed by atoms with Crippen LogP contribution in [0.3, 0.4) is 0 Å². The van der Waals surface area contributed by atoms with Gasteiger partial charge < -0.3 is 46.0 Å². The molecule has 0 radical (unpaired) electrons. The molecule has 0 bridgehead atoms. The fourth-order valence-electron chi connectivity index (χ4n) is 3.17. The molecule has 0 aromatic heterocycles. The van der Waals surface area contributed by atoms with Gasteiger partial charge in [0.2, 0.25) is 0 Å². The van der Waals surface area contributed by atoms with Crippen molar-refractivity contribution in [3.8, 4) is 23.0 Å². The second-order valence-electron chi connectivity index (χ2n) is 11.6. The van der Waals surface area contributed by atoms with Crippen LogP contribution in [0.4, 0.5) is 0 Å². The van der Waals surface area contributed by atoms with E-state index in [0.29, 0.717) is 24.2 Å². The lowest BCUT2D eigenvalue weighted by atomic mass is 10.1. The zero-order chi connectivity index (χ0) is 32.7. The number of phenols is 4. The molecule has 1 fully saturated rings. The molecule has 0 spiro atoms. The summed E-state index contributed by atoms with van der Waals surface area (Å²) in [5.74, 6) is -0.204. The smallest absolute Gasteiger partial charge is 0.394 e. The molecular weight excluding hydrogens is 572 g/mol. The van der Waals surface area contributed by atoms with Gasteiger partial charge in [-0.3, -0.25) is 9.11 Å². The third kappa shape index (κ3) is 22.9. The Morgan fingerprint density at radius 2 is 0.929 bits per heavy atom. The summed E-state index contributed by atoms with van der Waals surface area (Å²) in [6, 6.07) is 8.22. The first-order valence-corrected chi connectivity index (χ1v) is 14.6. The van der Waals surface area contributed by atoms with Crippen molar-refractivity contribution in [1.82, 2.24) is 10.6 Å². The first-order chi connectivity index (χ1) is 19.1. The van der Waals surface area contributed by atoms with Crippen LogP contribution in [0.5, 0.6) is 23.0 Å². The van der Waals surface area contributed by atoms with Gasteiger partial charge in [-0.25, -0.2) is 0 Å². The lowest BCUT2D eigenvalue weighted by Gasteiger charge is -2.23. The number of benzene rings is 2. The van der Waals surface area contributed by atoms with Crippen LogP contribution >= 0.6 is 0 Å². The molecule has 13 nitrogen and oxygen atoms in total. The van der Waals surface area contributed by atoms with E-state index >= 15 is 0 Å². The maximum Gasteiger partial charge on any atom is 0.394 e. The van der Waals surface area contributed by atoms with Crippen molar-refractivity contribution in [2.75, 3.05) is 26.3 Å². The predicted molar refractivity (Wildman–Crippen MR) is 159 cm³/mol. The SMILES string of the molecule is C1CCOC1.CC(C)(C)NCC(O)c1cc(O)cc(O)c1.CC(C)(C)NCC(O)c1cc(O)cc(O)c1.O=S(=O)(O)O. The van der Waals surface area contributed by atoms with Gasteiger partial charge in [-0.05, 0) is 89.8 Å². The highest BCUT2D eigenvalue weighted by Crippen LogP contribution is 2.26. The summed E-state index contributed by atoms with van der Waals surface area (Å²) in [5.41, 5.74) is 0.822. The molecule has 2 atom stereocenters. The van der Waals surface area contributed by atoms with Crippen molar-refractivity contribution in [2.24, 2.45) is 0 Å². The van der Waals surface area contributed by atoms with Crippen molar-refractivity contribution in [3.63, 3.8) is 0 Å². The monoisotopic (exact) mass is 620 g/mol. The molecule has 1 heterocycles. The number of aliphatic hydroxyl groups excluding tert-OH is 2. The van der Waals surface area contributed by atoms with Gasteiger partial charge in [0.05, 0.1) is 12.2 Å². The van der Waals surface area contributed by atoms with E-state index in [4.69, 9.17) is 22.3 Å². The fraction of sp³-hybridized carbons (Fsp3) is 0.571. The van der Waals surface area contributed by atoms with Gasteiger partial charge in [0.25, 0.3) is 0 Å². The van der Waals surface area contributed by atoms with Crippen LogP contribution in [-0.2, 0) is 15.1 Å². The molecule has 0 amide bonds. The molecule has 1 saturated heterocycles. The highest BCUT2D eigenvalue weighted by Gasteiger charge is 2.15. The Morgan fingerprint density at radius 1 is 0.667 bits per heavy atom. The average Bonchev–Trinajstić information content (AvgIpc) is 3.38. The molecule has 42 heavy (non-hydrogen) atoms. The molecule has 2 aromatic rings. The molecular formula is C28H48N2O11S. The molecule has 242 valence electrons. The molecule has 0 saturated carbocycles. The summed E-state index contributed by atoms with van der Waals surface area (Å²) in [5, 5.41) is 63.1. The Kier molecular flexibility index (Phi) is 16.9. The van der Waals surface area contributed by atoms with E-state index in [-0.39, 0.29) is 34.1 Å². The van der Waals surface area contributed by atoms with Crippen molar-refractivity contribution in [3.05, 3.63) is 47.5 Å². The topological polar surface area (TPSA) is 229 Å². The minimum absolute atomic E-state index is 0.0511. The molecule has 3 rings (SSSR count). The number of hydrogen-bond donors (Lipinski definition) is 10. The van der Waals surface area contributed by atoms with Crippen molar-refractivity contribution in [1.29, 1.82) is 0 Å². The number of β-amino-alcohol motifs (C(OH)–C–C–N with tert-alkyl or cyclic N) is 2. The lowest BCUT2D eigenvalue weighted by molar-refractivity contribution is 0.162. The number of hydrogen-bond acceptors (Lipinski definition) is 11. The zero-order valence-electron chi connectivity index (χ0n) is 25.1. The number of rotatable bonds is 6. The van der Waals surface area contributed by atoms with Crippen LogP contribution in [0.2, 0.25) is 0 Å². The van der Waals surface area contributed by atoms with E-state index in [1.54, 1.807) is 0 Å². The summed E-state index contributed by atoms with van der Waals surface area (Å²) < 4.78 is 36.5. The van der Waals surface area contributed by atoms with Crippen molar-refractivity contribution in [2.45, 2.75) is 77.7 Å². The predicted octanol–water partition coefficient (Wildman–Crippen LogP) is 3.18. The molecule has 1 aliphatic rings. The Bertz CT molecular complexity index is 1030. The first kappa shape index (κ1) is 39.3. The summed E-state index contributed by atoms with van der Waals surface area (Å²) >= 11 is 0. The van der Waals surface area contributed by atoms with Crippen LogP contribution in [0, 0.1) is 0 Å². The second kappa shape index (κ2) is 18.1. The van der Waals surface area contributed by atoms with E-state index in [0.717, 1.165) is 13.2 Å². The van der Waals surface area contributed by atoms with Crippen LogP contribution in [0.15, 0.2) is 36.4 Å². The van der Waals surface area contributed by atoms with Crippen LogP contribution in [-0.4, -0.2) is 85.5 Å². The van der Waals surface area contributed by atoms with Gasteiger partial charge in [-0.2, -0.15) is 8.42 Å². The average molecular weight is 621 g/mol. The van der Waals surface area contributed by atoms with Gasteiger partial charge >= 0.3 is 10.4 Å². The van der Waals surface area contributed by atoms with Crippen LogP contribution in [0.1, 0.15) is 77.7 Å². The fourth-order valence-corrected chi connectivity index (χ4v) is 3.17. The Hall–Kier alpha value is -2.69. The second-order valence-corrected chi connectivity index (χ2v) is 12.5. The van der Waals surface area contributed by atoms with Gasteiger partial charge in [-0.15, -0.1) is 0 Å². The van der Waals surface area contributed by atoms with Crippen molar-refractivity contribution >= 4 is 10.4 Å². The number of phenolic OH excluding ortho intramolecular Hbond substituents is 4. The summed E-state index contributed by atoms with van der Waals surface area (Å²) in [6.45, 7) is 14.7. The molecule has 1 aliphatic heterocycles. The third-order valence-corrected chi connectivity index (χ3v) is 5.10. The van der Waals surface area contributed by atoms with E-state index in [2.05, 4.69) is 10.6 Å². The maximum atomic E-state index is 9.85. The van der Waals surface area contributed by atoms with Crippen molar-refractivity contribution < 1.29 is 52.9 Å². The highest BCUT2D eigenvalue weighted by molar-refractivity contribution is 7.79. The maximum absolute atomic E-state index is 9.85. The normalized spacial score (nSPS) is 14.7. The standard InChI is InChI=1S/2C12H19NO3.C4H8O.H2O4S/c2*1-12(2,3)13-7-11(16)8-4-9(14)6-10(15)5-8;1-2-4-5-3-1;1-5(2,3)4/h2*4-6,11,13-16H,7H2,1-3H3;1-4H2;(H2,1,2,3,4). The molecule has 10 N–H and O–H groups in total. The van der Waals surface area contributed by atoms with Gasteiger partial charge in [0.15, 0.2) is 0 Å². The quantitative estimate of drug-likeness (QED) is 0.209. The molecule has 2 aromatic carbocycles. The summed E-state index contributed by atoms with van der Waals surface area (Å²) in [4.78, 5) is 0. The van der Waals surface area contributed by atoms with E-state index in [9.17, 15) is 30.6 Å². The van der Waals surface area contributed by atoms with Crippen LogP contribution in [0.25, 0.3) is 0 Å². The van der Waals surface area contributed by atoms with E-state index in [1.807, 2.05) is 41.5 Å². The number of nitrogens with one attached hydrogen (secondary N) is 2. The first-order valence-electron chi connectivity index (χ1n) is 13.3. The number of aliphatic hydroxyl groups is 2. The summed E-state index contributed by atoms with van der Waals surface area (Å²) in [7, 11) is -4.67. The van der Waals surface area contributed by atoms with Crippen LogP contribution < -0.4 is 10.6 Å². The van der Waals surface area contributed by atoms with Gasteiger partial charge in [0, 0.05) is 49.5 Å². The zero-order valence-corrected chi connectivity index (χ0v) is 25.9. The lowest BCUT2D eigenvalue weighted by Crippen LogP contribution is -2.38. The molecule has 0 aliphatic carbocycles. The van der Waals surface area contributed by atoms with Gasteiger partial charge in [0.1, 0.15) is 23.0 Å². The molecule has 14 heteroatoms. The minimum Gasteiger partial charge on any atom is -0.508 e. The Morgan fingerprint density at radius 3 is 1.12 bits per heavy atom.